The van der Waals surface area contributed by atoms with Crippen LogP contribution in [-0.4, -0.2) is 48.4 Å². The maximum Gasteiger partial charge on any atom is 0.236 e. The minimum atomic E-state index is 0.337. The van der Waals surface area contributed by atoms with Crippen molar-refractivity contribution in [1.82, 2.24) is 9.80 Å². The zero-order valence-corrected chi connectivity index (χ0v) is 11.3. The molecule has 0 radical (unpaired) electrons. The second-order valence-electron chi connectivity index (χ2n) is 5.92. The summed E-state index contributed by atoms with van der Waals surface area (Å²) >= 11 is 0. The summed E-state index contributed by atoms with van der Waals surface area (Å²) in [6.07, 6.45) is 7.57. The van der Waals surface area contributed by atoms with Gasteiger partial charge in [-0.3, -0.25) is 9.69 Å². The number of likely N-dealkylation sites (tertiary alicyclic amines) is 1. The highest BCUT2D eigenvalue weighted by Crippen LogP contribution is 2.26. The molecule has 0 aromatic rings. The summed E-state index contributed by atoms with van der Waals surface area (Å²) in [6, 6.07) is 0.637. The Labute approximate surface area is 105 Å². The lowest BCUT2D eigenvalue weighted by molar-refractivity contribution is -0.131. The monoisotopic (exact) mass is 238 g/mol. The zero-order valence-electron chi connectivity index (χ0n) is 11.3. The molecule has 0 unspecified atom stereocenters. The van der Waals surface area contributed by atoms with Crippen molar-refractivity contribution in [3.8, 4) is 0 Å². The third-order valence-corrected chi connectivity index (χ3v) is 4.45. The molecule has 1 saturated heterocycles. The Balaban J connectivity index is 1.76. The summed E-state index contributed by atoms with van der Waals surface area (Å²) < 4.78 is 0. The zero-order chi connectivity index (χ0) is 12.3. The predicted molar refractivity (Wildman–Crippen MR) is 69.9 cm³/mol. The molecule has 3 nitrogen and oxygen atoms in total. The number of nitrogens with zero attached hydrogens (tertiary/aromatic N) is 2. The van der Waals surface area contributed by atoms with Crippen LogP contribution >= 0.6 is 0 Å². The van der Waals surface area contributed by atoms with Crippen LogP contribution in [-0.2, 0) is 4.79 Å². The highest BCUT2D eigenvalue weighted by Gasteiger charge is 2.25. The van der Waals surface area contributed by atoms with Crippen molar-refractivity contribution in [1.29, 1.82) is 0 Å². The fourth-order valence-electron chi connectivity index (χ4n) is 3.09. The van der Waals surface area contributed by atoms with Crippen molar-refractivity contribution < 1.29 is 4.79 Å². The standard InChI is InChI=1S/C14H26N2O/c1-12-5-7-13(8-6-12)15(2)11-14(17)16-9-3-4-10-16/h12-13H,3-11H2,1-2H3. The van der Waals surface area contributed by atoms with E-state index in [-0.39, 0.29) is 0 Å². The van der Waals surface area contributed by atoms with Crippen molar-refractivity contribution in [2.45, 2.75) is 51.5 Å². The largest absolute Gasteiger partial charge is 0.342 e. The number of hydrogen-bond donors (Lipinski definition) is 0. The van der Waals surface area contributed by atoms with Gasteiger partial charge in [-0.25, -0.2) is 0 Å². The van der Waals surface area contributed by atoms with Crippen LogP contribution in [0.25, 0.3) is 0 Å². The third-order valence-electron chi connectivity index (χ3n) is 4.45. The number of carbonyl (C=O) groups is 1. The van der Waals surface area contributed by atoms with Crippen LogP contribution in [0.4, 0.5) is 0 Å². The highest BCUT2D eigenvalue weighted by atomic mass is 16.2. The molecule has 1 aliphatic heterocycles. The first-order chi connectivity index (χ1) is 8.16. The number of likely N-dealkylation sites (N-methyl/N-ethyl adjacent to an activating group) is 1. The second-order valence-corrected chi connectivity index (χ2v) is 5.92. The first-order valence-corrected chi connectivity index (χ1v) is 7.15. The Hall–Kier alpha value is -0.570. The number of rotatable bonds is 3. The lowest BCUT2D eigenvalue weighted by atomic mass is 9.87. The van der Waals surface area contributed by atoms with Gasteiger partial charge in [0.25, 0.3) is 0 Å². The van der Waals surface area contributed by atoms with Gasteiger partial charge in [0.1, 0.15) is 0 Å². The van der Waals surface area contributed by atoms with E-state index in [1.54, 1.807) is 0 Å². The minimum absolute atomic E-state index is 0.337. The minimum Gasteiger partial charge on any atom is -0.342 e. The summed E-state index contributed by atoms with van der Waals surface area (Å²) in [5.41, 5.74) is 0. The Morgan fingerprint density at radius 2 is 1.76 bits per heavy atom. The van der Waals surface area contributed by atoms with E-state index in [1.807, 2.05) is 4.90 Å². The van der Waals surface area contributed by atoms with Crippen molar-refractivity contribution in [3.63, 3.8) is 0 Å². The third kappa shape index (κ3) is 3.44. The Bertz CT molecular complexity index is 253. The summed E-state index contributed by atoms with van der Waals surface area (Å²) in [5.74, 6) is 1.22. The highest BCUT2D eigenvalue weighted by molar-refractivity contribution is 5.78. The van der Waals surface area contributed by atoms with E-state index in [9.17, 15) is 4.79 Å². The van der Waals surface area contributed by atoms with Crippen LogP contribution in [0.2, 0.25) is 0 Å². The Morgan fingerprint density at radius 1 is 1.18 bits per heavy atom. The van der Waals surface area contributed by atoms with Crippen LogP contribution in [0.3, 0.4) is 0 Å². The summed E-state index contributed by atoms with van der Waals surface area (Å²) in [6.45, 7) is 4.92. The molecule has 0 bridgehead atoms. The molecule has 0 atom stereocenters. The van der Waals surface area contributed by atoms with E-state index in [2.05, 4.69) is 18.9 Å². The molecule has 0 N–H and O–H groups in total. The number of amides is 1. The lowest BCUT2D eigenvalue weighted by Gasteiger charge is -2.34. The summed E-state index contributed by atoms with van der Waals surface area (Å²) in [5, 5.41) is 0. The first kappa shape index (κ1) is 12.9. The smallest absolute Gasteiger partial charge is 0.236 e. The molecule has 3 heteroatoms. The Morgan fingerprint density at radius 3 is 2.35 bits per heavy atom. The summed E-state index contributed by atoms with van der Waals surface area (Å²) in [4.78, 5) is 16.4. The van der Waals surface area contributed by atoms with E-state index in [0.717, 1.165) is 19.0 Å². The SMILES string of the molecule is CC1CCC(N(C)CC(=O)N2CCCC2)CC1. The maximum atomic E-state index is 12.0. The molecule has 98 valence electrons. The molecular formula is C14H26N2O. The fraction of sp³-hybridized carbons (Fsp3) is 0.929. The van der Waals surface area contributed by atoms with Gasteiger partial charge in [0.15, 0.2) is 0 Å². The molecule has 0 spiro atoms. The second kappa shape index (κ2) is 5.85. The van der Waals surface area contributed by atoms with E-state index < -0.39 is 0 Å². The van der Waals surface area contributed by atoms with Gasteiger partial charge < -0.3 is 4.90 Å². The molecule has 17 heavy (non-hydrogen) atoms. The van der Waals surface area contributed by atoms with E-state index in [1.165, 1.54) is 38.5 Å². The topological polar surface area (TPSA) is 23.6 Å². The molecule has 2 aliphatic rings. The normalized spacial score (nSPS) is 29.9. The van der Waals surface area contributed by atoms with Gasteiger partial charge in [-0.05, 0) is 51.5 Å². The average molecular weight is 238 g/mol. The van der Waals surface area contributed by atoms with Gasteiger partial charge >= 0.3 is 0 Å². The molecule has 0 aromatic heterocycles. The van der Waals surface area contributed by atoms with Crippen molar-refractivity contribution >= 4 is 5.91 Å². The van der Waals surface area contributed by atoms with E-state index in [4.69, 9.17) is 0 Å². The van der Waals surface area contributed by atoms with Crippen LogP contribution in [0, 0.1) is 5.92 Å². The fourth-order valence-corrected chi connectivity index (χ4v) is 3.09. The van der Waals surface area contributed by atoms with E-state index in [0.29, 0.717) is 18.5 Å². The van der Waals surface area contributed by atoms with Crippen molar-refractivity contribution in [2.24, 2.45) is 5.92 Å². The number of carbonyl (C=O) groups excluding carboxylic acids is 1. The van der Waals surface area contributed by atoms with Crippen LogP contribution in [0.15, 0.2) is 0 Å². The summed E-state index contributed by atoms with van der Waals surface area (Å²) in [7, 11) is 2.12. The molecule has 1 aliphatic carbocycles. The molecule has 2 fully saturated rings. The predicted octanol–water partition coefficient (Wildman–Crippen LogP) is 2.12. The van der Waals surface area contributed by atoms with Gasteiger partial charge in [-0.1, -0.05) is 6.92 Å². The average Bonchev–Trinajstić information content (AvgIpc) is 2.83. The quantitative estimate of drug-likeness (QED) is 0.752. The maximum absolute atomic E-state index is 12.0. The van der Waals surface area contributed by atoms with Crippen LogP contribution < -0.4 is 0 Å². The molecule has 0 aromatic carbocycles. The molecule has 1 saturated carbocycles. The van der Waals surface area contributed by atoms with Crippen molar-refractivity contribution in [3.05, 3.63) is 0 Å². The van der Waals surface area contributed by atoms with Gasteiger partial charge in [-0.15, -0.1) is 0 Å². The van der Waals surface area contributed by atoms with Gasteiger partial charge in [-0.2, -0.15) is 0 Å². The Kier molecular flexibility index (Phi) is 4.43. The lowest BCUT2D eigenvalue weighted by Crippen LogP contribution is -2.42. The van der Waals surface area contributed by atoms with Crippen molar-refractivity contribution in [2.75, 3.05) is 26.7 Å². The van der Waals surface area contributed by atoms with E-state index >= 15 is 0 Å². The number of hydrogen-bond acceptors (Lipinski definition) is 2. The van der Waals surface area contributed by atoms with Gasteiger partial charge in [0.2, 0.25) is 5.91 Å². The van der Waals surface area contributed by atoms with Gasteiger partial charge in [0, 0.05) is 19.1 Å². The molecule has 1 amide bonds. The molecule has 2 rings (SSSR count). The van der Waals surface area contributed by atoms with Gasteiger partial charge in [0.05, 0.1) is 6.54 Å². The molecule has 1 heterocycles. The molecular weight excluding hydrogens is 212 g/mol. The first-order valence-electron chi connectivity index (χ1n) is 7.15. The van der Waals surface area contributed by atoms with Crippen LogP contribution in [0.1, 0.15) is 45.4 Å². The van der Waals surface area contributed by atoms with Crippen LogP contribution in [0.5, 0.6) is 0 Å².